The van der Waals surface area contributed by atoms with Crippen molar-refractivity contribution in [1.82, 2.24) is 10.2 Å². The summed E-state index contributed by atoms with van der Waals surface area (Å²) < 4.78 is 13.1. The molecule has 0 saturated heterocycles. The third-order valence-corrected chi connectivity index (χ3v) is 4.87. The molecule has 0 aliphatic heterocycles. The van der Waals surface area contributed by atoms with Crippen molar-refractivity contribution < 1.29 is 14.0 Å². The zero-order chi connectivity index (χ0) is 20.5. The van der Waals surface area contributed by atoms with Gasteiger partial charge in [-0.05, 0) is 49.1 Å². The first-order chi connectivity index (χ1) is 13.4. The van der Waals surface area contributed by atoms with Gasteiger partial charge in [-0.2, -0.15) is 0 Å². The minimum atomic E-state index is -0.593. The quantitative estimate of drug-likeness (QED) is 0.664. The van der Waals surface area contributed by atoms with Crippen molar-refractivity contribution in [1.29, 1.82) is 0 Å². The largest absolute Gasteiger partial charge is 0.354 e. The molecule has 1 N–H and O–H groups in total. The Hall–Kier alpha value is -2.69. The molecule has 0 radical (unpaired) electrons. The number of amides is 2. The van der Waals surface area contributed by atoms with E-state index in [1.165, 1.54) is 12.1 Å². The Morgan fingerprint density at radius 3 is 2.43 bits per heavy atom. The van der Waals surface area contributed by atoms with Crippen LogP contribution in [0.2, 0.25) is 0 Å². The summed E-state index contributed by atoms with van der Waals surface area (Å²) in [5.41, 5.74) is 2.80. The van der Waals surface area contributed by atoms with Crippen LogP contribution >= 0.6 is 0 Å². The lowest BCUT2D eigenvalue weighted by molar-refractivity contribution is -0.140. The Morgan fingerprint density at radius 2 is 1.79 bits per heavy atom. The summed E-state index contributed by atoms with van der Waals surface area (Å²) in [7, 11) is 0. The van der Waals surface area contributed by atoms with Gasteiger partial charge < -0.3 is 10.2 Å². The third-order valence-electron chi connectivity index (χ3n) is 4.87. The van der Waals surface area contributed by atoms with Crippen LogP contribution < -0.4 is 5.32 Å². The van der Waals surface area contributed by atoms with Crippen LogP contribution in [0.3, 0.4) is 0 Å². The molecule has 0 bridgehead atoms. The van der Waals surface area contributed by atoms with Crippen molar-refractivity contribution in [2.75, 3.05) is 6.54 Å². The van der Waals surface area contributed by atoms with Crippen LogP contribution in [0.15, 0.2) is 48.5 Å². The number of benzene rings is 2. The molecule has 0 unspecified atom stereocenters. The van der Waals surface area contributed by atoms with Crippen molar-refractivity contribution in [2.24, 2.45) is 0 Å². The summed E-state index contributed by atoms with van der Waals surface area (Å²) in [6.07, 6.45) is 2.02. The second-order valence-electron chi connectivity index (χ2n) is 7.07. The fourth-order valence-electron chi connectivity index (χ4n) is 2.97. The molecule has 0 saturated carbocycles. The van der Waals surface area contributed by atoms with Gasteiger partial charge in [0, 0.05) is 13.1 Å². The Bertz CT molecular complexity index is 789. The second kappa shape index (κ2) is 10.6. The van der Waals surface area contributed by atoms with Crippen LogP contribution in [0.4, 0.5) is 4.39 Å². The first kappa shape index (κ1) is 21.6. The second-order valence-corrected chi connectivity index (χ2v) is 7.07. The van der Waals surface area contributed by atoms with Crippen LogP contribution in [0.5, 0.6) is 0 Å². The van der Waals surface area contributed by atoms with Gasteiger partial charge in [0.05, 0.1) is 6.42 Å². The van der Waals surface area contributed by atoms with E-state index in [9.17, 15) is 14.0 Å². The molecule has 0 aliphatic rings. The van der Waals surface area contributed by atoms with Crippen molar-refractivity contribution in [2.45, 2.75) is 52.6 Å². The van der Waals surface area contributed by atoms with E-state index in [0.29, 0.717) is 13.1 Å². The highest BCUT2D eigenvalue weighted by atomic mass is 19.1. The Morgan fingerprint density at radius 1 is 1.11 bits per heavy atom. The maximum absolute atomic E-state index is 13.1. The SMILES string of the molecule is CCCCNC(=O)[C@@H](C)N(Cc1ccccc1C)C(=O)Cc1ccc(F)cc1. The number of carbonyl (C=O) groups excluding carboxylic acids is 2. The zero-order valence-electron chi connectivity index (χ0n) is 16.9. The van der Waals surface area contributed by atoms with Crippen molar-refractivity contribution >= 4 is 11.8 Å². The molecule has 4 nitrogen and oxygen atoms in total. The number of rotatable bonds is 9. The molecule has 2 aromatic rings. The van der Waals surface area contributed by atoms with Gasteiger partial charge in [0.1, 0.15) is 11.9 Å². The lowest BCUT2D eigenvalue weighted by atomic mass is 10.1. The molecule has 0 heterocycles. The number of nitrogens with zero attached hydrogens (tertiary/aromatic N) is 1. The molecule has 2 aromatic carbocycles. The summed E-state index contributed by atoms with van der Waals surface area (Å²) in [5.74, 6) is -0.654. The highest BCUT2D eigenvalue weighted by Gasteiger charge is 2.26. The number of hydrogen-bond donors (Lipinski definition) is 1. The van der Waals surface area contributed by atoms with Gasteiger partial charge in [-0.1, -0.05) is 49.7 Å². The molecule has 1 atom stereocenters. The minimum absolute atomic E-state index is 0.124. The highest BCUT2D eigenvalue weighted by Crippen LogP contribution is 2.15. The third kappa shape index (κ3) is 6.19. The van der Waals surface area contributed by atoms with Crippen LogP contribution in [-0.2, 0) is 22.6 Å². The molecule has 150 valence electrons. The average molecular weight is 384 g/mol. The fourth-order valence-corrected chi connectivity index (χ4v) is 2.97. The Balaban J connectivity index is 2.19. The van der Waals surface area contributed by atoms with Gasteiger partial charge in [0.15, 0.2) is 0 Å². The van der Waals surface area contributed by atoms with Gasteiger partial charge in [-0.25, -0.2) is 4.39 Å². The number of nitrogens with one attached hydrogen (secondary N) is 1. The van der Waals surface area contributed by atoms with E-state index in [1.54, 1.807) is 24.0 Å². The molecule has 0 fully saturated rings. The van der Waals surface area contributed by atoms with Crippen LogP contribution in [0.25, 0.3) is 0 Å². The van der Waals surface area contributed by atoms with Gasteiger partial charge in [-0.15, -0.1) is 0 Å². The van der Waals surface area contributed by atoms with Crippen LogP contribution in [-0.4, -0.2) is 29.3 Å². The number of unbranched alkanes of at least 4 members (excludes halogenated alkanes) is 1. The maximum atomic E-state index is 13.1. The molecular weight excluding hydrogens is 355 g/mol. The number of hydrogen-bond acceptors (Lipinski definition) is 2. The molecular formula is C23H29FN2O2. The highest BCUT2D eigenvalue weighted by molar-refractivity contribution is 5.88. The first-order valence-electron chi connectivity index (χ1n) is 9.78. The van der Waals surface area contributed by atoms with E-state index in [0.717, 1.165) is 29.5 Å². The summed E-state index contributed by atoms with van der Waals surface area (Å²) in [6.45, 7) is 6.76. The summed E-state index contributed by atoms with van der Waals surface area (Å²) in [6, 6.07) is 13.1. The first-order valence-corrected chi connectivity index (χ1v) is 9.78. The van der Waals surface area contributed by atoms with Gasteiger partial charge in [0.2, 0.25) is 11.8 Å². The number of carbonyl (C=O) groups is 2. The average Bonchev–Trinajstić information content (AvgIpc) is 2.68. The van der Waals surface area contributed by atoms with Crippen molar-refractivity contribution in [3.8, 4) is 0 Å². The molecule has 0 spiro atoms. The van der Waals surface area contributed by atoms with E-state index in [2.05, 4.69) is 12.2 Å². The summed E-state index contributed by atoms with van der Waals surface area (Å²) in [4.78, 5) is 27.2. The Kier molecular flexibility index (Phi) is 8.18. The lowest BCUT2D eigenvalue weighted by Crippen LogP contribution is -2.48. The van der Waals surface area contributed by atoms with E-state index in [4.69, 9.17) is 0 Å². The Labute approximate surface area is 166 Å². The van der Waals surface area contributed by atoms with E-state index < -0.39 is 6.04 Å². The molecule has 5 heteroatoms. The smallest absolute Gasteiger partial charge is 0.242 e. The molecule has 0 aliphatic carbocycles. The topological polar surface area (TPSA) is 49.4 Å². The van der Waals surface area contributed by atoms with Crippen molar-refractivity contribution in [3.63, 3.8) is 0 Å². The van der Waals surface area contributed by atoms with Crippen molar-refractivity contribution in [3.05, 3.63) is 71.0 Å². The van der Waals surface area contributed by atoms with Gasteiger partial charge in [0.25, 0.3) is 0 Å². The molecule has 2 amide bonds. The summed E-state index contributed by atoms with van der Waals surface area (Å²) in [5, 5.41) is 2.91. The normalized spacial score (nSPS) is 11.7. The molecule has 28 heavy (non-hydrogen) atoms. The molecule has 2 rings (SSSR count). The minimum Gasteiger partial charge on any atom is -0.354 e. The fraction of sp³-hybridized carbons (Fsp3) is 0.391. The van der Waals surface area contributed by atoms with Gasteiger partial charge >= 0.3 is 0 Å². The number of aryl methyl sites for hydroxylation is 1. The monoisotopic (exact) mass is 384 g/mol. The number of halogens is 1. The van der Waals surface area contributed by atoms with E-state index in [-0.39, 0.29) is 24.1 Å². The van der Waals surface area contributed by atoms with Crippen LogP contribution in [0.1, 0.15) is 43.4 Å². The van der Waals surface area contributed by atoms with Gasteiger partial charge in [-0.3, -0.25) is 9.59 Å². The lowest BCUT2D eigenvalue weighted by Gasteiger charge is -2.29. The molecule has 0 aromatic heterocycles. The standard InChI is InChI=1S/C23H29FN2O2/c1-4-5-14-25-23(28)18(3)26(16-20-9-7-6-8-17(20)2)22(27)15-19-10-12-21(24)13-11-19/h6-13,18H,4-5,14-16H2,1-3H3,(H,25,28)/t18-/m1/s1. The predicted octanol–water partition coefficient (Wildman–Crippen LogP) is 4.01. The van der Waals surface area contributed by atoms with E-state index in [1.807, 2.05) is 31.2 Å². The van der Waals surface area contributed by atoms with E-state index >= 15 is 0 Å². The van der Waals surface area contributed by atoms with Crippen LogP contribution in [0, 0.1) is 12.7 Å². The summed E-state index contributed by atoms with van der Waals surface area (Å²) >= 11 is 0. The zero-order valence-corrected chi connectivity index (χ0v) is 16.9. The maximum Gasteiger partial charge on any atom is 0.242 e. The predicted molar refractivity (Wildman–Crippen MR) is 109 cm³/mol.